The van der Waals surface area contributed by atoms with E-state index in [1.165, 1.54) is 0 Å². The lowest BCUT2D eigenvalue weighted by atomic mass is 10.1. The van der Waals surface area contributed by atoms with Gasteiger partial charge in [0.15, 0.2) is 0 Å². The molecule has 1 aliphatic heterocycles. The molecule has 82 valence electrons. The minimum Gasteiger partial charge on any atom is -0.496 e. The van der Waals surface area contributed by atoms with Gasteiger partial charge in [-0.15, -0.1) is 0 Å². The number of para-hydroxylation sites is 1. The van der Waals surface area contributed by atoms with Crippen LogP contribution in [0.5, 0.6) is 5.75 Å². The van der Waals surface area contributed by atoms with Crippen molar-refractivity contribution in [2.75, 3.05) is 7.11 Å². The van der Waals surface area contributed by atoms with Gasteiger partial charge in [-0.1, -0.05) is 18.2 Å². The molecular weight excluding hydrogens is 206 g/mol. The normalized spacial score (nSPS) is 17.7. The van der Waals surface area contributed by atoms with Crippen molar-refractivity contribution in [1.82, 2.24) is 5.32 Å². The summed E-state index contributed by atoms with van der Waals surface area (Å²) in [4.78, 5) is 22.4. The van der Waals surface area contributed by atoms with Gasteiger partial charge < -0.3 is 4.74 Å². The number of methoxy groups -OCH3 is 1. The summed E-state index contributed by atoms with van der Waals surface area (Å²) < 4.78 is 5.16. The van der Waals surface area contributed by atoms with E-state index < -0.39 is 0 Å². The second-order valence-corrected chi connectivity index (χ2v) is 3.47. The van der Waals surface area contributed by atoms with Crippen molar-refractivity contribution in [2.24, 2.45) is 0 Å². The Labute approximate surface area is 92.9 Å². The highest BCUT2D eigenvalue weighted by Crippen LogP contribution is 2.22. The van der Waals surface area contributed by atoms with Crippen LogP contribution in [0.1, 0.15) is 12.0 Å². The second-order valence-electron chi connectivity index (χ2n) is 3.47. The maximum atomic E-state index is 11.3. The summed E-state index contributed by atoms with van der Waals surface area (Å²) in [6, 6.07) is 7.34. The molecule has 1 aliphatic rings. The molecule has 0 saturated carbocycles. The Hall–Kier alpha value is -2.10. The smallest absolute Gasteiger partial charge is 0.254 e. The lowest BCUT2D eigenvalue weighted by Gasteiger charge is -2.03. The SMILES string of the molecule is COc1ccccc1/C=C1\CC(=O)NC1=O. The van der Waals surface area contributed by atoms with Gasteiger partial charge in [-0.3, -0.25) is 14.9 Å². The van der Waals surface area contributed by atoms with Crippen LogP contribution in [0.25, 0.3) is 6.08 Å². The number of hydrogen-bond donors (Lipinski definition) is 1. The maximum Gasteiger partial charge on any atom is 0.254 e. The van der Waals surface area contributed by atoms with Crippen LogP contribution in [0.15, 0.2) is 29.8 Å². The molecule has 4 heteroatoms. The lowest BCUT2D eigenvalue weighted by molar-refractivity contribution is -0.124. The van der Waals surface area contributed by atoms with Gasteiger partial charge in [-0.25, -0.2) is 0 Å². The Morgan fingerprint density at radius 1 is 1.31 bits per heavy atom. The molecule has 0 atom stereocenters. The number of carbonyl (C=O) groups is 2. The van der Waals surface area contributed by atoms with Crippen molar-refractivity contribution < 1.29 is 14.3 Å². The van der Waals surface area contributed by atoms with Crippen LogP contribution < -0.4 is 10.1 Å². The van der Waals surface area contributed by atoms with E-state index in [0.717, 1.165) is 5.56 Å². The number of imide groups is 1. The molecular formula is C12H11NO3. The van der Waals surface area contributed by atoms with Crippen molar-refractivity contribution in [1.29, 1.82) is 0 Å². The Morgan fingerprint density at radius 2 is 2.06 bits per heavy atom. The molecule has 1 saturated heterocycles. The van der Waals surface area contributed by atoms with Crippen LogP contribution in [-0.2, 0) is 9.59 Å². The standard InChI is InChI=1S/C12H11NO3/c1-16-10-5-3-2-4-8(10)6-9-7-11(14)13-12(9)15/h2-6H,7H2,1H3,(H,13,14,15)/b9-6+. The van der Waals surface area contributed by atoms with Crippen molar-refractivity contribution in [2.45, 2.75) is 6.42 Å². The molecule has 4 nitrogen and oxygen atoms in total. The quantitative estimate of drug-likeness (QED) is 0.596. The van der Waals surface area contributed by atoms with Gasteiger partial charge in [0.05, 0.1) is 13.5 Å². The predicted molar refractivity (Wildman–Crippen MR) is 58.7 cm³/mol. The summed E-state index contributed by atoms with van der Waals surface area (Å²) in [5, 5.41) is 2.24. The summed E-state index contributed by atoms with van der Waals surface area (Å²) in [6.07, 6.45) is 1.82. The number of carbonyl (C=O) groups excluding carboxylic acids is 2. The fourth-order valence-corrected chi connectivity index (χ4v) is 1.59. The molecule has 1 aromatic carbocycles. The third-order valence-electron chi connectivity index (χ3n) is 2.36. The van der Waals surface area contributed by atoms with Crippen LogP contribution in [-0.4, -0.2) is 18.9 Å². The molecule has 2 amide bonds. The molecule has 2 rings (SSSR count). The molecule has 0 unspecified atom stereocenters. The number of rotatable bonds is 2. The van der Waals surface area contributed by atoms with E-state index >= 15 is 0 Å². The fourth-order valence-electron chi connectivity index (χ4n) is 1.59. The zero-order valence-corrected chi connectivity index (χ0v) is 8.82. The van der Waals surface area contributed by atoms with E-state index in [4.69, 9.17) is 4.74 Å². The van der Waals surface area contributed by atoms with E-state index in [9.17, 15) is 9.59 Å². The Kier molecular flexibility index (Phi) is 2.72. The number of amides is 2. The molecule has 0 spiro atoms. The van der Waals surface area contributed by atoms with Gasteiger partial charge in [0, 0.05) is 11.1 Å². The Morgan fingerprint density at radius 3 is 2.69 bits per heavy atom. The van der Waals surface area contributed by atoms with Crippen molar-refractivity contribution in [3.63, 3.8) is 0 Å². The number of benzene rings is 1. The summed E-state index contributed by atoms with van der Waals surface area (Å²) in [6.45, 7) is 0. The summed E-state index contributed by atoms with van der Waals surface area (Å²) in [5.74, 6) is 0.101. The molecule has 0 aromatic heterocycles. The van der Waals surface area contributed by atoms with Gasteiger partial charge in [-0.2, -0.15) is 0 Å². The number of hydrogen-bond acceptors (Lipinski definition) is 3. The first-order chi connectivity index (χ1) is 7.70. The van der Waals surface area contributed by atoms with Crippen LogP contribution in [0.3, 0.4) is 0 Å². The van der Waals surface area contributed by atoms with Crippen LogP contribution >= 0.6 is 0 Å². The third kappa shape index (κ3) is 1.95. The van der Waals surface area contributed by atoms with Crippen LogP contribution in [0.4, 0.5) is 0 Å². The van der Waals surface area contributed by atoms with E-state index in [-0.39, 0.29) is 18.2 Å². The highest BCUT2D eigenvalue weighted by Gasteiger charge is 2.23. The highest BCUT2D eigenvalue weighted by molar-refractivity contribution is 6.15. The van der Waals surface area contributed by atoms with Gasteiger partial charge >= 0.3 is 0 Å². The van der Waals surface area contributed by atoms with E-state index in [1.54, 1.807) is 19.3 Å². The minimum absolute atomic E-state index is 0.136. The zero-order valence-electron chi connectivity index (χ0n) is 8.82. The van der Waals surface area contributed by atoms with Gasteiger partial charge in [-0.05, 0) is 12.1 Å². The summed E-state index contributed by atoms with van der Waals surface area (Å²) in [5.41, 5.74) is 1.26. The fraction of sp³-hybridized carbons (Fsp3) is 0.167. The monoisotopic (exact) mass is 217 g/mol. The molecule has 16 heavy (non-hydrogen) atoms. The van der Waals surface area contributed by atoms with Crippen molar-refractivity contribution in [3.8, 4) is 5.75 Å². The maximum absolute atomic E-state index is 11.3. The first-order valence-electron chi connectivity index (χ1n) is 4.88. The molecule has 1 N–H and O–H groups in total. The lowest BCUT2D eigenvalue weighted by Crippen LogP contribution is -2.19. The Balaban J connectivity index is 2.36. The number of ether oxygens (including phenoxy) is 1. The molecule has 0 radical (unpaired) electrons. The van der Waals surface area contributed by atoms with Crippen LogP contribution in [0.2, 0.25) is 0 Å². The first kappa shape index (κ1) is 10.4. The molecule has 1 fully saturated rings. The molecule has 1 heterocycles. The van der Waals surface area contributed by atoms with Gasteiger partial charge in [0.2, 0.25) is 5.91 Å². The summed E-state index contributed by atoms with van der Waals surface area (Å²) in [7, 11) is 1.57. The topological polar surface area (TPSA) is 55.4 Å². The highest BCUT2D eigenvalue weighted by atomic mass is 16.5. The number of nitrogens with one attached hydrogen (secondary N) is 1. The molecule has 0 aliphatic carbocycles. The second kappa shape index (κ2) is 4.18. The summed E-state index contributed by atoms with van der Waals surface area (Å²) >= 11 is 0. The van der Waals surface area contributed by atoms with E-state index in [1.807, 2.05) is 18.2 Å². The zero-order chi connectivity index (χ0) is 11.5. The molecule has 0 bridgehead atoms. The van der Waals surface area contributed by atoms with E-state index in [2.05, 4.69) is 5.32 Å². The van der Waals surface area contributed by atoms with E-state index in [0.29, 0.717) is 11.3 Å². The largest absolute Gasteiger partial charge is 0.496 e. The van der Waals surface area contributed by atoms with Crippen molar-refractivity contribution in [3.05, 3.63) is 35.4 Å². The van der Waals surface area contributed by atoms with Crippen LogP contribution in [0, 0.1) is 0 Å². The van der Waals surface area contributed by atoms with Gasteiger partial charge in [0.25, 0.3) is 5.91 Å². The minimum atomic E-state index is -0.323. The average molecular weight is 217 g/mol. The predicted octanol–water partition coefficient (Wildman–Crippen LogP) is 1.13. The third-order valence-corrected chi connectivity index (χ3v) is 2.36. The average Bonchev–Trinajstić information content (AvgIpc) is 2.58. The van der Waals surface area contributed by atoms with Gasteiger partial charge in [0.1, 0.15) is 5.75 Å². The molecule has 1 aromatic rings. The van der Waals surface area contributed by atoms with Crippen molar-refractivity contribution >= 4 is 17.9 Å². The first-order valence-corrected chi connectivity index (χ1v) is 4.88. The Bertz CT molecular complexity index is 477.